The van der Waals surface area contributed by atoms with E-state index in [-0.39, 0.29) is 0 Å². The second-order valence-electron chi connectivity index (χ2n) is 7.93. The zero-order chi connectivity index (χ0) is 22.7. The number of amides is 1. The number of rotatable bonds is 8. The number of likely N-dealkylation sites (N-methyl/N-ethyl adjacent to an activating group) is 2. The Bertz CT molecular complexity index is 1250. The Kier molecular flexibility index (Phi) is 6.04. The summed E-state index contributed by atoms with van der Waals surface area (Å²) in [5.74, 6) is 0.641. The van der Waals surface area contributed by atoms with Crippen molar-refractivity contribution < 1.29 is 4.79 Å². The SMILES string of the molecule is CN(C)CCN(C)c1cccc(Nc2nccc(-n3cc(C(N)=O)c4ccccc43)n2)c1. The number of aromatic nitrogens is 3. The second-order valence-corrected chi connectivity index (χ2v) is 7.93. The summed E-state index contributed by atoms with van der Waals surface area (Å²) >= 11 is 0. The Hall–Kier alpha value is -3.91. The van der Waals surface area contributed by atoms with Gasteiger partial charge in [-0.3, -0.25) is 4.79 Å². The maximum Gasteiger partial charge on any atom is 0.250 e. The van der Waals surface area contributed by atoms with E-state index in [0.717, 1.165) is 35.4 Å². The fourth-order valence-electron chi connectivity index (χ4n) is 3.54. The van der Waals surface area contributed by atoms with Crippen LogP contribution in [0.5, 0.6) is 0 Å². The topological polar surface area (TPSA) is 92.3 Å². The number of nitrogens with one attached hydrogen (secondary N) is 1. The van der Waals surface area contributed by atoms with Crippen LogP contribution in [0, 0.1) is 0 Å². The highest BCUT2D eigenvalue weighted by Gasteiger charge is 2.14. The van der Waals surface area contributed by atoms with Crippen molar-refractivity contribution in [3.63, 3.8) is 0 Å². The van der Waals surface area contributed by atoms with E-state index in [9.17, 15) is 4.79 Å². The average molecular weight is 430 g/mol. The Morgan fingerprint density at radius 3 is 2.66 bits per heavy atom. The molecule has 0 aliphatic rings. The van der Waals surface area contributed by atoms with Crippen molar-refractivity contribution in [3.8, 4) is 5.82 Å². The van der Waals surface area contributed by atoms with E-state index < -0.39 is 5.91 Å². The summed E-state index contributed by atoms with van der Waals surface area (Å²) in [4.78, 5) is 25.3. The molecule has 4 rings (SSSR count). The van der Waals surface area contributed by atoms with Crippen molar-refractivity contribution in [1.29, 1.82) is 0 Å². The summed E-state index contributed by atoms with van der Waals surface area (Å²) in [6, 6.07) is 17.6. The molecule has 0 atom stereocenters. The Morgan fingerprint density at radius 1 is 1.06 bits per heavy atom. The molecule has 0 aliphatic heterocycles. The molecule has 0 spiro atoms. The number of nitrogens with zero attached hydrogens (tertiary/aromatic N) is 5. The molecule has 0 radical (unpaired) electrons. The lowest BCUT2D eigenvalue weighted by Crippen LogP contribution is -2.28. The minimum atomic E-state index is -0.470. The van der Waals surface area contributed by atoms with Gasteiger partial charge in [-0.05, 0) is 44.4 Å². The fourth-order valence-corrected chi connectivity index (χ4v) is 3.54. The molecule has 0 unspecified atom stereocenters. The first kappa shape index (κ1) is 21.3. The van der Waals surface area contributed by atoms with Crippen LogP contribution in [0.3, 0.4) is 0 Å². The molecule has 1 amide bonds. The van der Waals surface area contributed by atoms with Crippen LogP contribution < -0.4 is 16.0 Å². The molecule has 32 heavy (non-hydrogen) atoms. The zero-order valence-corrected chi connectivity index (χ0v) is 18.5. The quantitative estimate of drug-likeness (QED) is 0.447. The van der Waals surface area contributed by atoms with Crippen LogP contribution in [0.2, 0.25) is 0 Å². The zero-order valence-electron chi connectivity index (χ0n) is 18.5. The number of fused-ring (bicyclic) bond motifs is 1. The van der Waals surface area contributed by atoms with Gasteiger partial charge < -0.3 is 25.4 Å². The maximum atomic E-state index is 11.9. The molecular formula is C24H27N7O. The molecule has 2 heterocycles. The number of para-hydroxylation sites is 1. The number of hydrogen-bond acceptors (Lipinski definition) is 6. The molecule has 2 aromatic heterocycles. The van der Waals surface area contributed by atoms with E-state index in [1.807, 2.05) is 41.0 Å². The molecule has 164 valence electrons. The summed E-state index contributed by atoms with van der Waals surface area (Å²) in [5, 5.41) is 4.08. The molecule has 0 bridgehead atoms. The summed E-state index contributed by atoms with van der Waals surface area (Å²) < 4.78 is 1.85. The second kappa shape index (κ2) is 9.07. The molecule has 4 aromatic rings. The van der Waals surface area contributed by atoms with Gasteiger partial charge >= 0.3 is 0 Å². The van der Waals surface area contributed by atoms with Gasteiger partial charge in [0.2, 0.25) is 5.95 Å². The monoisotopic (exact) mass is 429 g/mol. The van der Waals surface area contributed by atoms with Gasteiger partial charge in [-0.1, -0.05) is 24.3 Å². The van der Waals surface area contributed by atoms with Crippen molar-refractivity contribution in [2.45, 2.75) is 0 Å². The van der Waals surface area contributed by atoms with Gasteiger partial charge in [-0.25, -0.2) is 4.98 Å². The number of carbonyl (C=O) groups is 1. The lowest BCUT2D eigenvalue weighted by Gasteiger charge is -2.22. The summed E-state index contributed by atoms with van der Waals surface area (Å²) in [7, 11) is 6.21. The third-order valence-corrected chi connectivity index (χ3v) is 5.29. The van der Waals surface area contributed by atoms with Crippen LogP contribution in [-0.2, 0) is 0 Å². The first-order valence-corrected chi connectivity index (χ1v) is 10.4. The van der Waals surface area contributed by atoms with Gasteiger partial charge in [0.15, 0.2) is 0 Å². The molecule has 0 aliphatic carbocycles. The molecule has 0 saturated carbocycles. The fraction of sp³-hybridized carbons (Fsp3) is 0.208. The summed E-state index contributed by atoms with van der Waals surface area (Å²) in [6.45, 7) is 1.89. The minimum Gasteiger partial charge on any atom is -0.373 e. The lowest BCUT2D eigenvalue weighted by molar-refractivity contribution is 0.100. The van der Waals surface area contributed by atoms with Crippen LogP contribution in [0.1, 0.15) is 10.4 Å². The van der Waals surface area contributed by atoms with E-state index in [1.54, 1.807) is 18.5 Å². The van der Waals surface area contributed by atoms with E-state index in [0.29, 0.717) is 17.3 Å². The molecule has 0 saturated heterocycles. The van der Waals surface area contributed by atoms with Crippen molar-refractivity contribution in [1.82, 2.24) is 19.4 Å². The van der Waals surface area contributed by atoms with Gasteiger partial charge in [0, 0.05) is 49.3 Å². The molecule has 8 heteroatoms. The standard InChI is InChI=1S/C24H27N7O/c1-29(2)13-14-30(3)18-8-6-7-17(15-18)27-24-26-12-11-22(28-24)31-16-20(23(25)32)19-9-4-5-10-21(19)31/h4-12,15-16H,13-14H2,1-3H3,(H2,25,32)(H,26,27,28). The summed E-state index contributed by atoms with van der Waals surface area (Å²) in [5.41, 5.74) is 8.90. The van der Waals surface area contributed by atoms with Crippen molar-refractivity contribution in [3.05, 3.63) is 72.6 Å². The van der Waals surface area contributed by atoms with Crippen LogP contribution >= 0.6 is 0 Å². The van der Waals surface area contributed by atoms with Crippen LogP contribution in [0.4, 0.5) is 17.3 Å². The first-order valence-electron chi connectivity index (χ1n) is 10.4. The number of benzene rings is 2. The van der Waals surface area contributed by atoms with Crippen molar-refractivity contribution in [2.75, 3.05) is 44.4 Å². The number of primary amides is 1. The van der Waals surface area contributed by atoms with Crippen LogP contribution in [0.25, 0.3) is 16.7 Å². The number of carbonyl (C=O) groups excluding carboxylic acids is 1. The predicted octanol–water partition coefficient (Wildman–Crippen LogP) is 3.26. The molecule has 0 fully saturated rings. The lowest BCUT2D eigenvalue weighted by atomic mass is 10.2. The molecule has 2 aromatic carbocycles. The predicted molar refractivity (Wildman–Crippen MR) is 129 cm³/mol. The average Bonchev–Trinajstić information content (AvgIpc) is 3.18. The Labute approximate surface area is 187 Å². The highest BCUT2D eigenvalue weighted by Crippen LogP contribution is 2.25. The smallest absolute Gasteiger partial charge is 0.250 e. The van der Waals surface area contributed by atoms with Gasteiger partial charge in [0.1, 0.15) is 5.82 Å². The number of nitrogens with two attached hydrogens (primary N) is 1. The van der Waals surface area contributed by atoms with Crippen LogP contribution in [-0.4, -0.2) is 59.6 Å². The van der Waals surface area contributed by atoms with E-state index >= 15 is 0 Å². The highest BCUT2D eigenvalue weighted by molar-refractivity contribution is 6.06. The third-order valence-electron chi connectivity index (χ3n) is 5.29. The minimum absolute atomic E-state index is 0.460. The first-order chi connectivity index (χ1) is 15.4. The Balaban J connectivity index is 1.61. The van der Waals surface area contributed by atoms with Crippen molar-refractivity contribution >= 4 is 34.1 Å². The molecular weight excluding hydrogens is 402 g/mol. The number of anilines is 3. The number of hydrogen-bond donors (Lipinski definition) is 2. The van der Waals surface area contributed by atoms with Gasteiger partial charge in [0.25, 0.3) is 5.91 Å². The Morgan fingerprint density at radius 2 is 1.88 bits per heavy atom. The van der Waals surface area contributed by atoms with Gasteiger partial charge in [-0.15, -0.1) is 0 Å². The maximum absolute atomic E-state index is 11.9. The molecule has 8 nitrogen and oxygen atoms in total. The summed E-state index contributed by atoms with van der Waals surface area (Å²) in [6.07, 6.45) is 3.41. The third kappa shape index (κ3) is 4.55. The van der Waals surface area contributed by atoms with E-state index in [4.69, 9.17) is 5.73 Å². The van der Waals surface area contributed by atoms with E-state index in [1.165, 1.54) is 0 Å². The molecule has 3 N–H and O–H groups in total. The van der Waals surface area contributed by atoms with Crippen molar-refractivity contribution in [2.24, 2.45) is 5.73 Å². The van der Waals surface area contributed by atoms with E-state index in [2.05, 4.69) is 58.4 Å². The van der Waals surface area contributed by atoms with Gasteiger partial charge in [0.05, 0.1) is 11.1 Å². The van der Waals surface area contributed by atoms with Crippen LogP contribution in [0.15, 0.2) is 67.0 Å². The largest absolute Gasteiger partial charge is 0.373 e. The highest BCUT2D eigenvalue weighted by atomic mass is 16.1. The van der Waals surface area contributed by atoms with Gasteiger partial charge in [-0.2, -0.15) is 4.98 Å². The normalized spacial score (nSPS) is 11.1.